The van der Waals surface area contributed by atoms with Crippen molar-refractivity contribution in [3.63, 3.8) is 0 Å². The maximum Gasteiger partial charge on any atom is 0.0991 e. The molecule has 0 saturated carbocycles. The number of allylic oxidation sites excluding steroid dienone is 7. The van der Waals surface area contributed by atoms with E-state index in [1.54, 1.807) is 0 Å². The van der Waals surface area contributed by atoms with Crippen LogP contribution in [0.5, 0.6) is 0 Å². The van der Waals surface area contributed by atoms with Crippen LogP contribution in [0.25, 0.3) is 0 Å². The van der Waals surface area contributed by atoms with Crippen LogP contribution in [0, 0.1) is 17.3 Å². The number of hydrogen-bond donors (Lipinski definition) is 1. The normalized spacial score (nSPS) is 20.4. The molecule has 204 valence electrons. The molecule has 1 rings (SSSR count). The van der Waals surface area contributed by atoms with Crippen LogP contribution in [0.4, 0.5) is 4.39 Å². The molecule has 1 atom stereocenters. The Labute approximate surface area is 224 Å². The molecule has 0 amide bonds. The highest BCUT2D eigenvalue weighted by molar-refractivity contribution is 6.76. The predicted molar refractivity (Wildman–Crippen MR) is 161 cm³/mol. The molecule has 0 bridgehead atoms. The van der Waals surface area contributed by atoms with Gasteiger partial charge in [0.05, 0.1) is 19.5 Å². The van der Waals surface area contributed by atoms with E-state index in [0.29, 0.717) is 6.42 Å². The van der Waals surface area contributed by atoms with Gasteiger partial charge in [-0.2, -0.15) is 0 Å². The van der Waals surface area contributed by atoms with Crippen LogP contribution in [-0.2, 0) is 0 Å². The Balaban J connectivity index is 2.45. The van der Waals surface area contributed by atoms with Gasteiger partial charge in [-0.3, -0.25) is 0 Å². The van der Waals surface area contributed by atoms with Crippen molar-refractivity contribution < 1.29 is 9.50 Å². The van der Waals surface area contributed by atoms with Gasteiger partial charge in [0, 0.05) is 18.9 Å². The lowest BCUT2D eigenvalue weighted by atomic mass is 9.85. The number of halogens is 1. The standard InChI is InChI=1S/C33H55FOSi/c1-26(17-19-30-28(3)21-24-33(30,7)35)14-13-15-31(34)29(4)18-16-27(2)20-23-32(5,6)22-11-12-25-36(8,9)10/h14,20,35H,13,15-19,21-25H2,1-10H3/b26-14+,27-20+,31-29-. The monoisotopic (exact) mass is 514 g/mol. The van der Waals surface area contributed by atoms with Crippen LogP contribution < -0.4 is 0 Å². The van der Waals surface area contributed by atoms with Crippen LogP contribution >= 0.6 is 0 Å². The van der Waals surface area contributed by atoms with Crippen molar-refractivity contribution in [1.82, 2.24) is 0 Å². The molecule has 1 nitrogen and oxygen atoms in total. The second-order valence-corrected chi connectivity index (χ2v) is 19.0. The van der Waals surface area contributed by atoms with E-state index in [-0.39, 0.29) is 11.2 Å². The number of rotatable bonds is 13. The highest BCUT2D eigenvalue weighted by Gasteiger charge is 2.32. The summed E-state index contributed by atoms with van der Waals surface area (Å²) in [5.74, 6) is 6.85. The molecule has 1 unspecified atom stereocenters. The summed E-state index contributed by atoms with van der Waals surface area (Å²) in [4.78, 5) is 0. The van der Waals surface area contributed by atoms with Crippen molar-refractivity contribution in [3.05, 3.63) is 45.8 Å². The summed E-state index contributed by atoms with van der Waals surface area (Å²) in [6, 6.07) is 1.08. The minimum Gasteiger partial charge on any atom is -0.386 e. The van der Waals surface area contributed by atoms with Crippen LogP contribution in [0.2, 0.25) is 25.7 Å². The summed E-state index contributed by atoms with van der Waals surface area (Å²) in [7, 11) is -1.09. The first kappa shape index (κ1) is 32.7. The molecule has 0 aromatic carbocycles. The molecule has 1 aliphatic carbocycles. The van der Waals surface area contributed by atoms with Crippen LogP contribution in [-0.4, -0.2) is 18.8 Å². The topological polar surface area (TPSA) is 20.2 Å². The summed E-state index contributed by atoms with van der Waals surface area (Å²) in [5.41, 5.74) is 5.60. The number of aliphatic hydroxyl groups is 1. The number of hydrogen-bond acceptors (Lipinski definition) is 1. The second kappa shape index (κ2) is 14.5. The fourth-order valence-electron chi connectivity index (χ4n) is 4.53. The molecule has 0 heterocycles. The zero-order valence-corrected chi connectivity index (χ0v) is 26.3. The molecule has 0 aromatic rings. The van der Waals surface area contributed by atoms with Gasteiger partial charge in [-0.15, -0.1) is 11.8 Å². The van der Waals surface area contributed by atoms with Crippen molar-refractivity contribution >= 4 is 8.07 Å². The van der Waals surface area contributed by atoms with Gasteiger partial charge in [0.25, 0.3) is 0 Å². The van der Waals surface area contributed by atoms with E-state index in [0.717, 1.165) is 69.4 Å². The Morgan fingerprint density at radius 2 is 1.67 bits per heavy atom. The molecule has 0 radical (unpaired) electrons. The molecular formula is C33H55FOSi. The molecule has 36 heavy (non-hydrogen) atoms. The largest absolute Gasteiger partial charge is 0.386 e. The average Bonchev–Trinajstić information content (AvgIpc) is 3.03. The SMILES string of the molecule is CC1=C(CC/C(C)=C/CC/C(F)=C(\C)CC/C(C)=C/CC(C)(C)CC#CC[Si](C)(C)C)C(C)(O)CC1. The third-order valence-corrected chi connectivity index (χ3v) is 8.69. The van der Waals surface area contributed by atoms with E-state index in [4.69, 9.17) is 0 Å². The van der Waals surface area contributed by atoms with Crippen LogP contribution in [0.15, 0.2) is 45.8 Å². The van der Waals surface area contributed by atoms with Gasteiger partial charge in [-0.05, 0) is 103 Å². The Kier molecular flexibility index (Phi) is 13.2. The van der Waals surface area contributed by atoms with E-state index in [1.165, 1.54) is 22.3 Å². The zero-order valence-electron chi connectivity index (χ0n) is 25.3. The first-order valence-electron chi connectivity index (χ1n) is 14.0. The van der Waals surface area contributed by atoms with E-state index < -0.39 is 13.7 Å². The lowest BCUT2D eigenvalue weighted by molar-refractivity contribution is 0.0964. The Hall–Kier alpha value is -1.37. The van der Waals surface area contributed by atoms with Gasteiger partial charge in [0.2, 0.25) is 0 Å². The molecule has 0 aromatic heterocycles. The Morgan fingerprint density at radius 1 is 1.03 bits per heavy atom. The Morgan fingerprint density at radius 3 is 2.25 bits per heavy atom. The summed E-state index contributed by atoms with van der Waals surface area (Å²) < 4.78 is 14.7. The molecule has 0 aliphatic heterocycles. The fraction of sp³-hybridized carbons (Fsp3) is 0.697. The highest BCUT2D eigenvalue weighted by Crippen LogP contribution is 2.38. The minimum absolute atomic E-state index is 0.0436. The molecule has 0 saturated heterocycles. The summed E-state index contributed by atoms with van der Waals surface area (Å²) in [6.45, 7) is 22.0. The van der Waals surface area contributed by atoms with Crippen molar-refractivity contribution in [2.24, 2.45) is 5.41 Å². The molecule has 1 aliphatic rings. The average molecular weight is 515 g/mol. The Bertz CT molecular complexity index is 910. The zero-order chi connectivity index (χ0) is 27.6. The quantitative estimate of drug-likeness (QED) is 0.147. The molecule has 0 fully saturated rings. The van der Waals surface area contributed by atoms with Gasteiger partial charge >= 0.3 is 0 Å². The van der Waals surface area contributed by atoms with E-state index in [2.05, 4.69) is 78.3 Å². The smallest absolute Gasteiger partial charge is 0.0991 e. The second-order valence-electron chi connectivity index (χ2n) is 13.5. The fourth-order valence-corrected chi connectivity index (χ4v) is 5.19. The summed E-state index contributed by atoms with van der Waals surface area (Å²) in [5, 5.41) is 10.5. The van der Waals surface area contributed by atoms with Crippen LogP contribution in [0.3, 0.4) is 0 Å². The third-order valence-electron chi connectivity index (χ3n) is 7.45. The van der Waals surface area contributed by atoms with E-state index in [1.807, 2.05) is 13.8 Å². The molecule has 1 N–H and O–H groups in total. The van der Waals surface area contributed by atoms with Gasteiger partial charge in [0.15, 0.2) is 0 Å². The first-order valence-corrected chi connectivity index (χ1v) is 17.8. The lowest BCUT2D eigenvalue weighted by Crippen LogP contribution is -2.23. The molecular weight excluding hydrogens is 459 g/mol. The third kappa shape index (κ3) is 13.3. The van der Waals surface area contributed by atoms with Gasteiger partial charge < -0.3 is 5.11 Å². The van der Waals surface area contributed by atoms with Crippen molar-refractivity contribution in [2.45, 2.75) is 144 Å². The van der Waals surface area contributed by atoms with Crippen LogP contribution in [0.1, 0.15) is 113 Å². The predicted octanol–water partition coefficient (Wildman–Crippen LogP) is 10.5. The maximum atomic E-state index is 14.7. The molecule has 0 spiro atoms. The maximum absolute atomic E-state index is 14.7. The van der Waals surface area contributed by atoms with E-state index >= 15 is 0 Å². The molecule has 3 heteroatoms. The van der Waals surface area contributed by atoms with Gasteiger partial charge in [0.1, 0.15) is 0 Å². The van der Waals surface area contributed by atoms with Crippen molar-refractivity contribution in [1.29, 1.82) is 0 Å². The highest BCUT2D eigenvalue weighted by atomic mass is 28.3. The lowest BCUT2D eigenvalue weighted by Gasteiger charge is -2.21. The van der Waals surface area contributed by atoms with Crippen molar-refractivity contribution in [3.8, 4) is 11.8 Å². The summed E-state index contributed by atoms with van der Waals surface area (Å²) in [6.07, 6.45) is 13.1. The summed E-state index contributed by atoms with van der Waals surface area (Å²) >= 11 is 0. The van der Waals surface area contributed by atoms with E-state index in [9.17, 15) is 9.50 Å². The van der Waals surface area contributed by atoms with Crippen molar-refractivity contribution in [2.75, 3.05) is 0 Å². The van der Waals surface area contributed by atoms with Gasteiger partial charge in [-0.1, -0.05) is 62.4 Å². The first-order chi connectivity index (χ1) is 16.5. The van der Waals surface area contributed by atoms with Gasteiger partial charge in [-0.25, -0.2) is 4.39 Å². The minimum atomic E-state index is -1.09.